The lowest BCUT2D eigenvalue weighted by molar-refractivity contribution is 0.103. The minimum absolute atomic E-state index is 0.0565. The van der Waals surface area contributed by atoms with Gasteiger partial charge < -0.3 is 0 Å². The summed E-state index contributed by atoms with van der Waals surface area (Å²) >= 11 is 4.20. The van der Waals surface area contributed by atoms with Gasteiger partial charge in [0.15, 0.2) is 5.78 Å². The second-order valence-corrected chi connectivity index (χ2v) is 4.44. The zero-order valence-corrected chi connectivity index (χ0v) is 10.6. The highest BCUT2D eigenvalue weighted by molar-refractivity contribution is 7.80. The first-order valence-corrected chi connectivity index (χ1v) is 6.08. The molecule has 2 aromatic carbocycles. The van der Waals surface area contributed by atoms with Gasteiger partial charge in [-0.2, -0.15) is 0 Å². The molecular formula is C15H14OS. The van der Waals surface area contributed by atoms with E-state index in [4.69, 9.17) is 0 Å². The lowest BCUT2D eigenvalue weighted by Crippen LogP contribution is -2.00. The summed E-state index contributed by atoms with van der Waals surface area (Å²) in [7, 11) is 0. The molecule has 0 fully saturated rings. The van der Waals surface area contributed by atoms with Crippen LogP contribution in [0.5, 0.6) is 0 Å². The van der Waals surface area contributed by atoms with Gasteiger partial charge in [-0.25, -0.2) is 0 Å². The highest BCUT2D eigenvalue weighted by Gasteiger charge is 2.08. The van der Waals surface area contributed by atoms with Crippen molar-refractivity contribution in [3.8, 4) is 0 Å². The normalized spacial score (nSPS) is 10.2. The molecule has 2 rings (SSSR count). The van der Waals surface area contributed by atoms with Crippen molar-refractivity contribution in [3.05, 3.63) is 65.2 Å². The largest absolute Gasteiger partial charge is 0.289 e. The van der Waals surface area contributed by atoms with Crippen LogP contribution in [0, 0.1) is 0 Å². The maximum atomic E-state index is 12.1. The summed E-state index contributed by atoms with van der Waals surface area (Å²) in [5.41, 5.74) is 2.67. The Balaban J connectivity index is 2.27. The molecule has 0 saturated heterocycles. The fourth-order valence-electron chi connectivity index (χ4n) is 1.67. The highest BCUT2D eigenvalue weighted by Crippen LogP contribution is 2.13. The number of carbonyl (C=O) groups is 1. The number of aryl methyl sites for hydroxylation is 1. The number of hydrogen-bond acceptors (Lipinski definition) is 2. The Morgan fingerprint density at radius 2 is 1.41 bits per heavy atom. The van der Waals surface area contributed by atoms with Crippen molar-refractivity contribution in [3.63, 3.8) is 0 Å². The number of rotatable bonds is 3. The van der Waals surface area contributed by atoms with E-state index in [1.165, 1.54) is 5.56 Å². The number of carbonyl (C=O) groups excluding carboxylic acids is 1. The van der Waals surface area contributed by atoms with Crippen LogP contribution in [0.25, 0.3) is 0 Å². The average molecular weight is 242 g/mol. The Morgan fingerprint density at radius 3 is 1.88 bits per heavy atom. The van der Waals surface area contributed by atoms with Gasteiger partial charge in [-0.3, -0.25) is 4.79 Å². The van der Waals surface area contributed by atoms with Gasteiger partial charge >= 0.3 is 0 Å². The molecule has 86 valence electrons. The van der Waals surface area contributed by atoms with Crippen molar-refractivity contribution < 1.29 is 4.79 Å². The molecule has 0 radical (unpaired) electrons. The SMILES string of the molecule is CCc1ccc(C(=O)c2ccc(S)cc2)cc1. The van der Waals surface area contributed by atoms with Crippen LogP contribution >= 0.6 is 12.6 Å². The topological polar surface area (TPSA) is 17.1 Å². The first-order chi connectivity index (χ1) is 8.20. The molecule has 0 bridgehead atoms. The van der Waals surface area contributed by atoms with E-state index in [1.54, 1.807) is 12.1 Å². The van der Waals surface area contributed by atoms with E-state index in [1.807, 2.05) is 36.4 Å². The van der Waals surface area contributed by atoms with E-state index < -0.39 is 0 Å². The van der Waals surface area contributed by atoms with E-state index in [0.717, 1.165) is 16.9 Å². The third-order valence-electron chi connectivity index (χ3n) is 2.75. The second-order valence-electron chi connectivity index (χ2n) is 3.93. The predicted octanol–water partition coefficient (Wildman–Crippen LogP) is 3.77. The van der Waals surface area contributed by atoms with Crippen LogP contribution in [0.15, 0.2) is 53.4 Å². The number of thiol groups is 1. The summed E-state index contributed by atoms with van der Waals surface area (Å²) < 4.78 is 0. The molecule has 0 spiro atoms. The monoisotopic (exact) mass is 242 g/mol. The minimum Gasteiger partial charge on any atom is -0.289 e. The summed E-state index contributed by atoms with van der Waals surface area (Å²) in [5.74, 6) is 0.0565. The van der Waals surface area contributed by atoms with Crippen molar-refractivity contribution >= 4 is 18.4 Å². The zero-order valence-electron chi connectivity index (χ0n) is 9.68. The number of hydrogen-bond donors (Lipinski definition) is 1. The third-order valence-corrected chi connectivity index (χ3v) is 3.05. The van der Waals surface area contributed by atoms with Crippen molar-refractivity contribution in [2.75, 3.05) is 0 Å². The smallest absolute Gasteiger partial charge is 0.193 e. The van der Waals surface area contributed by atoms with E-state index in [2.05, 4.69) is 19.6 Å². The van der Waals surface area contributed by atoms with Gasteiger partial charge in [0, 0.05) is 16.0 Å². The summed E-state index contributed by atoms with van der Waals surface area (Å²) in [6, 6.07) is 15.0. The molecule has 0 aromatic heterocycles. The Kier molecular flexibility index (Phi) is 3.64. The Morgan fingerprint density at radius 1 is 0.941 bits per heavy atom. The lowest BCUT2D eigenvalue weighted by Gasteiger charge is -2.03. The summed E-state index contributed by atoms with van der Waals surface area (Å²) in [6.45, 7) is 2.10. The second kappa shape index (κ2) is 5.19. The van der Waals surface area contributed by atoms with E-state index in [9.17, 15) is 4.79 Å². The quantitative estimate of drug-likeness (QED) is 0.640. The van der Waals surface area contributed by atoms with Crippen LogP contribution in [-0.2, 0) is 6.42 Å². The maximum Gasteiger partial charge on any atom is 0.193 e. The van der Waals surface area contributed by atoms with Crippen molar-refractivity contribution in [2.24, 2.45) is 0 Å². The van der Waals surface area contributed by atoms with Crippen LogP contribution in [-0.4, -0.2) is 5.78 Å². The van der Waals surface area contributed by atoms with Crippen molar-refractivity contribution in [1.29, 1.82) is 0 Å². The van der Waals surface area contributed by atoms with E-state index in [-0.39, 0.29) is 5.78 Å². The minimum atomic E-state index is 0.0565. The molecule has 0 aliphatic carbocycles. The van der Waals surface area contributed by atoms with Crippen LogP contribution in [0.1, 0.15) is 28.4 Å². The highest BCUT2D eigenvalue weighted by atomic mass is 32.1. The lowest BCUT2D eigenvalue weighted by atomic mass is 10.0. The molecule has 0 amide bonds. The number of benzene rings is 2. The van der Waals surface area contributed by atoms with Gasteiger partial charge in [0.2, 0.25) is 0 Å². The Hall–Kier alpha value is -1.54. The molecular weight excluding hydrogens is 228 g/mol. The predicted molar refractivity (Wildman–Crippen MR) is 72.9 cm³/mol. The fraction of sp³-hybridized carbons (Fsp3) is 0.133. The molecule has 2 heteroatoms. The summed E-state index contributed by atoms with van der Waals surface area (Å²) in [4.78, 5) is 13.0. The van der Waals surface area contributed by atoms with E-state index >= 15 is 0 Å². The van der Waals surface area contributed by atoms with Crippen LogP contribution in [0.2, 0.25) is 0 Å². The summed E-state index contributed by atoms with van der Waals surface area (Å²) in [6.07, 6.45) is 0.989. The van der Waals surface area contributed by atoms with Crippen molar-refractivity contribution in [1.82, 2.24) is 0 Å². The average Bonchev–Trinajstić information content (AvgIpc) is 2.39. The van der Waals surface area contributed by atoms with Gasteiger partial charge in [0.1, 0.15) is 0 Å². The van der Waals surface area contributed by atoms with Crippen molar-refractivity contribution in [2.45, 2.75) is 18.2 Å². The molecule has 17 heavy (non-hydrogen) atoms. The van der Waals surface area contributed by atoms with Gasteiger partial charge in [0.25, 0.3) is 0 Å². The van der Waals surface area contributed by atoms with Gasteiger partial charge in [-0.15, -0.1) is 12.6 Å². The molecule has 0 atom stereocenters. The molecule has 0 unspecified atom stereocenters. The van der Waals surface area contributed by atoms with Gasteiger partial charge in [-0.1, -0.05) is 31.2 Å². The first-order valence-electron chi connectivity index (χ1n) is 5.63. The zero-order chi connectivity index (χ0) is 12.3. The molecule has 1 nitrogen and oxygen atoms in total. The molecule has 2 aromatic rings. The first kappa shape index (κ1) is 11.9. The van der Waals surface area contributed by atoms with Gasteiger partial charge in [0.05, 0.1) is 0 Å². The summed E-state index contributed by atoms with van der Waals surface area (Å²) in [5, 5.41) is 0. The van der Waals surface area contributed by atoms with Crippen LogP contribution in [0.4, 0.5) is 0 Å². The van der Waals surface area contributed by atoms with Crippen LogP contribution in [0.3, 0.4) is 0 Å². The van der Waals surface area contributed by atoms with E-state index in [0.29, 0.717) is 5.56 Å². The molecule has 0 saturated carbocycles. The standard InChI is InChI=1S/C15H14OS/c1-2-11-3-5-12(6-4-11)15(16)13-7-9-14(17)10-8-13/h3-10,17H,2H2,1H3. The molecule has 0 N–H and O–H groups in total. The Bertz CT molecular complexity index is 512. The third kappa shape index (κ3) is 2.77. The fourth-order valence-corrected chi connectivity index (χ4v) is 1.82. The molecule has 0 aliphatic rings. The number of ketones is 1. The Labute approximate surface area is 107 Å². The molecule has 0 aliphatic heterocycles. The van der Waals surface area contributed by atoms with Gasteiger partial charge in [-0.05, 0) is 36.2 Å². The maximum absolute atomic E-state index is 12.1. The molecule has 0 heterocycles. The van der Waals surface area contributed by atoms with Crippen LogP contribution < -0.4 is 0 Å².